The van der Waals surface area contributed by atoms with Gasteiger partial charge in [0, 0.05) is 18.5 Å². The van der Waals surface area contributed by atoms with Crippen LogP contribution in [-0.2, 0) is 24.7 Å². The van der Waals surface area contributed by atoms with Crippen molar-refractivity contribution < 1.29 is 26.4 Å². The van der Waals surface area contributed by atoms with Crippen LogP contribution in [-0.4, -0.2) is 53.9 Å². The van der Waals surface area contributed by atoms with Gasteiger partial charge >= 0.3 is 0 Å². The zero-order valence-corrected chi connectivity index (χ0v) is 18.1. The van der Waals surface area contributed by atoms with Crippen LogP contribution in [0.3, 0.4) is 0 Å². The first-order valence-corrected chi connectivity index (χ1v) is 13.1. The summed E-state index contributed by atoms with van der Waals surface area (Å²) in [5, 5.41) is 2.87. The van der Waals surface area contributed by atoms with E-state index in [1.807, 2.05) is 0 Å². The molecule has 3 rings (SSSR count). The molecule has 1 aliphatic carbocycles. The number of methoxy groups -OCH3 is 1. The average Bonchev–Trinajstić information content (AvgIpc) is 3.05. The van der Waals surface area contributed by atoms with E-state index in [0.717, 1.165) is 12.8 Å². The van der Waals surface area contributed by atoms with Crippen LogP contribution in [0.5, 0.6) is 5.75 Å². The second-order valence-corrected chi connectivity index (χ2v) is 11.8. The van der Waals surface area contributed by atoms with Crippen LogP contribution in [0, 0.1) is 11.8 Å². The van der Waals surface area contributed by atoms with E-state index in [1.54, 1.807) is 12.1 Å². The van der Waals surface area contributed by atoms with Gasteiger partial charge in [0.25, 0.3) is 0 Å². The van der Waals surface area contributed by atoms with Crippen LogP contribution < -0.4 is 14.8 Å². The lowest BCUT2D eigenvalue weighted by Crippen LogP contribution is -2.41. The average molecular weight is 445 g/mol. The highest BCUT2D eigenvalue weighted by Gasteiger charge is 2.32. The molecule has 10 heteroatoms. The molecule has 1 aromatic rings. The SMILES string of the molecule is COc1ccc(S(=O)(=O)NCC2CCC(C(=O)N[C@H]3CCS(=O)(=O)C3)CC2)cc1. The Morgan fingerprint density at radius 2 is 1.76 bits per heavy atom. The van der Waals surface area contributed by atoms with E-state index in [-0.39, 0.29) is 40.2 Å². The topological polar surface area (TPSA) is 119 Å². The van der Waals surface area contributed by atoms with Crippen molar-refractivity contribution in [1.82, 2.24) is 10.0 Å². The molecule has 0 aromatic heterocycles. The monoisotopic (exact) mass is 444 g/mol. The molecular formula is C19H28N2O6S2. The lowest BCUT2D eigenvalue weighted by Gasteiger charge is -2.28. The van der Waals surface area contributed by atoms with Crippen molar-refractivity contribution in [2.75, 3.05) is 25.2 Å². The van der Waals surface area contributed by atoms with Gasteiger partial charge in [-0.1, -0.05) is 0 Å². The third kappa shape index (κ3) is 5.93. The van der Waals surface area contributed by atoms with E-state index in [1.165, 1.54) is 19.2 Å². The Hall–Kier alpha value is -1.65. The van der Waals surface area contributed by atoms with Gasteiger partial charge in [-0.15, -0.1) is 0 Å². The molecule has 2 fully saturated rings. The minimum Gasteiger partial charge on any atom is -0.497 e. The number of benzene rings is 1. The second-order valence-electron chi connectivity index (χ2n) is 7.85. The summed E-state index contributed by atoms with van der Waals surface area (Å²) in [6.07, 6.45) is 3.36. The molecule has 162 valence electrons. The van der Waals surface area contributed by atoms with Crippen LogP contribution in [0.4, 0.5) is 0 Å². The molecule has 0 spiro atoms. The third-order valence-electron chi connectivity index (χ3n) is 5.73. The third-order valence-corrected chi connectivity index (χ3v) is 8.94. The Bertz CT molecular complexity index is 920. The zero-order chi connectivity index (χ0) is 21.1. The Kier molecular flexibility index (Phi) is 6.85. The molecule has 2 N–H and O–H groups in total. The molecule has 0 radical (unpaired) electrons. The van der Waals surface area contributed by atoms with Gasteiger partial charge in [-0.25, -0.2) is 21.6 Å². The number of sulfone groups is 1. The fraction of sp³-hybridized carbons (Fsp3) is 0.632. The largest absolute Gasteiger partial charge is 0.497 e. The molecule has 2 aliphatic rings. The Morgan fingerprint density at radius 3 is 2.31 bits per heavy atom. The van der Waals surface area contributed by atoms with Gasteiger partial charge in [-0.05, 0) is 62.3 Å². The van der Waals surface area contributed by atoms with Crippen molar-refractivity contribution in [1.29, 1.82) is 0 Å². The first-order valence-electron chi connectivity index (χ1n) is 9.83. The number of carbonyl (C=O) groups excluding carboxylic acids is 1. The Labute approximate surface area is 172 Å². The van der Waals surface area contributed by atoms with Crippen molar-refractivity contribution in [2.45, 2.75) is 43.0 Å². The lowest BCUT2D eigenvalue weighted by atomic mass is 9.81. The van der Waals surface area contributed by atoms with Crippen LogP contribution in [0.25, 0.3) is 0 Å². The molecule has 0 bridgehead atoms. The van der Waals surface area contributed by atoms with Crippen molar-refractivity contribution >= 4 is 25.8 Å². The zero-order valence-electron chi connectivity index (χ0n) is 16.5. The minimum absolute atomic E-state index is 0.0290. The lowest BCUT2D eigenvalue weighted by molar-refractivity contribution is -0.126. The van der Waals surface area contributed by atoms with Crippen molar-refractivity contribution in [3.63, 3.8) is 0 Å². The Balaban J connectivity index is 1.44. The van der Waals surface area contributed by atoms with E-state index in [4.69, 9.17) is 4.74 Å². The molecule has 1 saturated heterocycles. The van der Waals surface area contributed by atoms with Gasteiger partial charge < -0.3 is 10.1 Å². The number of nitrogens with one attached hydrogen (secondary N) is 2. The highest BCUT2D eigenvalue weighted by Crippen LogP contribution is 2.29. The molecule has 1 aliphatic heterocycles. The summed E-state index contributed by atoms with van der Waals surface area (Å²) >= 11 is 0. The fourth-order valence-corrected chi connectivity index (χ4v) is 6.71. The number of carbonyl (C=O) groups is 1. The van der Waals surface area contributed by atoms with Crippen molar-refractivity contribution in [3.05, 3.63) is 24.3 Å². The van der Waals surface area contributed by atoms with Crippen LogP contribution in [0.2, 0.25) is 0 Å². The maximum atomic E-state index is 12.4. The predicted molar refractivity (Wildman–Crippen MR) is 109 cm³/mol. The van der Waals surface area contributed by atoms with E-state index in [2.05, 4.69) is 10.0 Å². The van der Waals surface area contributed by atoms with Crippen LogP contribution >= 0.6 is 0 Å². The maximum absolute atomic E-state index is 12.4. The standard InChI is InChI=1S/C19H28N2O6S2/c1-27-17-6-8-18(9-7-17)29(25,26)20-12-14-2-4-15(5-3-14)19(22)21-16-10-11-28(23,24)13-16/h6-9,14-16,20H,2-5,10-13H2,1H3,(H,21,22)/t14?,15?,16-/m0/s1. The summed E-state index contributed by atoms with van der Waals surface area (Å²) in [5.41, 5.74) is 0. The van der Waals surface area contributed by atoms with Gasteiger partial charge in [0.2, 0.25) is 15.9 Å². The summed E-state index contributed by atoms with van der Waals surface area (Å²) in [5.74, 6) is 0.729. The normalized spacial score (nSPS) is 26.7. The van der Waals surface area contributed by atoms with E-state index in [0.29, 0.717) is 31.6 Å². The summed E-state index contributed by atoms with van der Waals surface area (Å²) in [7, 11) is -5.08. The molecule has 8 nitrogen and oxygen atoms in total. The molecule has 1 atom stereocenters. The van der Waals surface area contributed by atoms with Crippen LogP contribution in [0.1, 0.15) is 32.1 Å². The fourth-order valence-electron chi connectivity index (χ4n) is 3.92. The molecular weight excluding hydrogens is 416 g/mol. The Morgan fingerprint density at radius 1 is 1.10 bits per heavy atom. The van der Waals surface area contributed by atoms with Crippen LogP contribution in [0.15, 0.2) is 29.2 Å². The minimum atomic E-state index is -3.58. The smallest absolute Gasteiger partial charge is 0.240 e. The number of amides is 1. The molecule has 1 amide bonds. The first-order chi connectivity index (χ1) is 13.7. The summed E-state index contributed by atoms with van der Waals surface area (Å²) in [4.78, 5) is 12.6. The number of hydrogen-bond acceptors (Lipinski definition) is 6. The van der Waals surface area contributed by atoms with Crippen molar-refractivity contribution in [3.8, 4) is 5.75 Å². The number of sulfonamides is 1. The summed E-state index contributed by atoms with van der Waals surface area (Å²) < 4.78 is 55.6. The van der Waals surface area contributed by atoms with Crippen molar-refractivity contribution in [2.24, 2.45) is 11.8 Å². The first kappa shape index (κ1) is 22.0. The maximum Gasteiger partial charge on any atom is 0.240 e. The van der Waals surface area contributed by atoms with Gasteiger partial charge in [-0.3, -0.25) is 4.79 Å². The van der Waals surface area contributed by atoms with E-state index < -0.39 is 19.9 Å². The number of ether oxygens (including phenoxy) is 1. The van der Waals surface area contributed by atoms with E-state index in [9.17, 15) is 21.6 Å². The highest BCUT2D eigenvalue weighted by molar-refractivity contribution is 7.91. The molecule has 29 heavy (non-hydrogen) atoms. The molecule has 1 aromatic carbocycles. The summed E-state index contributed by atoms with van der Waals surface area (Å²) in [6, 6.07) is 5.95. The second kappa shape index (κ2) is 9.01. The molecule has 1 heterocycles. The number of rotatable bonds is 7. The molecule has 0 unspecified atom stereocenters. The molecule has 1 saturated carbocycles. The van der Waals surface area contributed by atoms with Gasteiger partial charge in [0.15, 0.2) is 9.84 Å². The highest BCUT2D eigenvalue weighted by atomic mass is 32.2. The quantitative estimate of drug-likeness (QED) is 0.650. The predicted octanol–water partition coefficient (Wildman–Crippen LogP) is 1.08. The number of hydrogen-bond donors (Lipinski definition) is 2. The summed E-state index contributed by atoms with van der Waals surface area (Å²) in [6.45, 7) is 0.337. The van der Waals surface area contributed by atoms with Gasteiger partial charge in [-0.2, -0.15) is 0 Å². The van der Waals surface area contributed by atoms with Gasteiger partial charge in [0.1, 0.15) is 5.75 Å². The van der Waals surface area contributed by atoms with E-state index >= 15 is 0 Å². The van der Waals surface area contributed by atoms with Gasteiger partial charge in [0.05, 0.1) is 23.5 Å².